The third kappa shape index (κ3) is 3.92. The Bertz CT molecular complexity index is 942. The van der Waals surface area contributed by atoms with Gasteiger partial charge in [-0.1, -0.05) is 23.2 Å². The molecule has 0 aliphatic rings. The van der Waals surface area contributed by atoms with Crippen molar-refractivity contribution < 1.29 is 9.53 Å². The molecule has 0 atom stereocenters. The molecular formula is C16H14Cl2N6O2. The second-order valence-electron chi connectivity index (χ2n) is 5.19. The van der Waals surface area contributed by atoms with Crippen LogP contribution in [0.3, 0.4) is 0 Å². The van der Waals surface area contributed by atoms with Crippen LogP contribution in [0.5, 0.6) is 0 Å². The van der Waals surface area contributed by atoms with Crippen molar-refractivity contribution in [2.45, 2.75) is 13.8 Å². The van der Waals surface area contributed by atoms with Gasteiger partial charge in [0.15, 0.2) is 17.3 Å². The van der Waals surface area contributed by atoms with Gasteiger partial charge in [0.25, 0.3) is 0 Å². The van der Waals surface area contributed by atoms with Gasteiger partial charge in [0, 0.05) is 12.3 Å². The van der Waals surface area contributed by atoms with Gasteiger partial charge < -0.3 is 10.1 Å². The molecule has 0 aliphatic carbocycles. The molecule has 0 aliphatic heterocycles. The molecule has 3 aromatic heterocycles. The first-order valence-corrected chi connectivity index (χ1v) is 8.39. The Labute approximate surface area is 159 Å². The van der Waals surface area contributed by atoms with Crippen LogP contribution in [0.4, 0.5) is 11.6 Å². The Kier molecular flexibility index (Phi) is 5.34. The summed E-state index contributed by atoms with van der Waals surface area (Å²) in [5.74, 6) is 0.897. The van der Waals surface area contributed by atoms with Crippen LogP contribution >= 0.6 is 23.2 Å². The highest BCUT2D eigenvalue weighted by molar-refractivity contribution is 6.35. The highest BCUT2D eigenvalue weighted by Crippen LogP contribution is 2.26. The molecule has 3 heterocycles. The molecule has 3 rings (SSSR count). The van der Waals surface area contributed by atoms with Crippen LogP contribution in [0.25, 0.3) is 5.82 Å². The number of hydrogen-bond acceptors (Lipinski definition) is 7. The summed E-state index contributed by atoms with van der Waals surface area (Å²) in [7, 11) is 0. The first-order chi connectivity index (χ1) is 12.5. The van der Waals surface area contributed by atoms with Crippen molar-refractivity contribution in [2.24, 2.45) is 0 Å². The van der Waals surface area contributed by atoms with Crippen LogP contribution in [0.1, 0.15) is 23.1 Å². The summed E-state index contributed by atoms with van der Waals surface area (Å²) in [6.45, 7) is 3.83. The van der Waals surface area contributed by atoms with E-state index in [4.69, 9.17) is 27.9 Å². The molecule has 0 amide bonds. The molecule has 3 aromatic rings. The lowest BCUT2D eigenvalue weighted by atomic mass is 10.4. The number of nitrogens with zero attached hydrogens (tertiary/aromatic N) is 5. The van der Waals surface area contributed by atoms with Crippen LogP contribution in [0.15, 0.2) is 30.5 Å². The summed E-state index contributed by atoms with van der Waals surface area (Å²) in [5, 5.41) is 16.1. The number of nitrogens with one attached hydrogen (secondary N) is 1. The Morgan fingerprint density at radius 1 is 1.27 bits per heavy atom. The van der Waals surface area contributed by atoms with Gasteiger partial charge in [-0.3, -0.25) is 0 Å². The van der Waals surface area contributed by atoms with Gasteiger partial charge in [-0.05, 0) is 32.0 Å². The Morgan fingerprint density at radius 3 is 2.73 bits per heavy atom. The van der Waals surface area contributed by atoms with Crippen LogP contribution in [-0.4, -0.2) is 37.5 Å². The summed E-state index contributed by atoms with van der Waals surface area (Å²) < 4.78 is 6.42. The number of anilines is 2. The van der Waals surface area contributed by atoms with E-state index in [0.29, 0.717) is 27.5 Å². The van der Waals surface area contributed by atoms with Gasteiger partial charge in [-0.15, -0.1) is 10.2 Å². The standard InChI is InChI=1S/C16H14Cl2N6O2/c1-3-26-16(25)12-4-5-13(22-21-12)20-14-6-9(2)23-24(14)15-11(18)7-10(17)8-19-15/h4-8H,3H2,1-2H3,(H,20,22). The SMILES string of the molecule is CCOC(=O)c1ccc(Nc2cc(C)nn2-c2ncc(Cl)cc2Cl)nn1. The van der Waals surface area contributed by atoms with E-state index in [0.717, 1.165) is 5.69 Å². The normalized spacial score (nSPS) is 10.6. The van der Waals surface area contributed by atoms with Crippen LogP contribution in [0.2, 0.25) is 10.0 Å². The summed E-state index contributed by atoms with van der Waals surface area (Å²) in [5.41, 5.74) is 0.876. The fourth-order valence-corrected chi connectivity index (χ4v) is 2.62. The van der Waals surface area contributed by atoms with Gasteiger partial charge in [0.05, 0.1) is 22.3 Å². The maximum Gasteiger partial charge on any atom is 0.358 e. The highest BCUT2D eigenvalue weighted by Gasteiger charge is 2.14. The number of hydrogen-bond donors (Lipinski definition) is 1. The van der Waals surface area contributed by atoms with E-state index >= 15 is 0 Å². The lowest BCUT2D eigenvalue weighted by Crippen LogP contribution is -2.10. The van der Waals surface area contributed by atoms with E-state index in [1.54, 1.807) is 25.1 Å². The largest absolute Gasteiger partial charge is 0.461 e. The first kappa shape index (κ1) is 18.1. The van der Waals surface area contributed by atoms with Crippen molar-refractivity contribution in [2.75, 3.05) is 11.9 Å². The van der Waals surface area contributed by atoms with Gasteiger partial charge in [-0.25, -0.2) is 9.78 Å². The summed E-state index contributed by atoms with van der Waals surface area (Å²) in [4.78, 5) is 15.8. The predicted octanol–water partition coefficient (Wildman–Crippen LogP) is 3.59. The number of carbonyl (C=O) groups is 1. The van der Waals surface area contributed by atoms with E-state index < -0.39 is 5.97 Å². The fourth-order valence-electron chi connectivity index (χ4n) is 2.16. The minimum atomic E-state index is -0.524. The van der Waals surface area contributed by atoms with Crippen LogP contribution < -0.4 is 5.32 Å². The Balaban J connectivity index is 1.88. The highest BCUT2D eigenvalue weighted by atomic mass is 35.5. The maximum atomic E-state index is 11.6. The second kappa shape index (κ2) is 7.67. The van der Waals surface area contributed by atoms with E-state index in [9.17, 15) is 4.79 Å². The van der Waals surface area contributed by atoms with E-state index in [2.05, 4.69) is 25.6 Å². The number of halogens is 2. The monoisotopic (exact) mass is 392 g/mol. The smallest absolute Gasteiger partial charge is 0.358 e. The van der Waals surface area contributed by atoms with Crippen molar-refractivity contribution in [1.29, 1.82) is 0 Å². The number of aryl methyl sites for hydroxylation is 1. The van der Waals surface area contributed by atoms with Crippen molar-refractivity contribution in [3.63, 3.8) is 0 Å². The molecule has 10 heteroatoms. The molecule has 1 N–H and O–H groups in total. The molecule has 26 heavy (non-hydrogen) atoms. The minimum absolute atomic E-state index is 0.129. The van der Waals surface area contributed by atoms with Gasteiger partial charge in [0.2, 0.25) is 0 Å². The summed E-state index contributed by atoms with van der Waals surface area (Å²) >= 11 is 12.1. The van der Waals surface area contributed by atoms with Crippen molar-refractivity contribution in [3.05, 3.63) is 51.9 Å². The number of carbonyl (C=O) groups excluding carboxylic acids is 1. The molecule has 0 saturated carbocycles. The molecular weight excluding hydrogens is 379 g/mol. The van der Waals surface area contributed by atoms with E-state index in [-0.39, 0.29) is 12.3 Å². The lowest BCUT2D eigenvalue weighted by Gasteiger charge is -2.10. The minimum Gasteiger partial charge on any atom is -0.461 e. The lowest BCUT2D eigenvalue weighted by molar-refractivity contribution is 0.0518. The maximum absolute atomic E-state index is 11.6. The van der Waals surface area contributed by atoms with E-state index in [1.165, 1.54) is 16.9 Å². The topological polar surface area (TPSA) is 94.8 Å². The molecule has 0 spiro atoms. The van der Waals surface area contributed by atoms with Crippen molar-refractivity contribution in [1.82, 2.24) is 25.0 Å². The zero-order valence-electron chi connectivity index (χ0n) is 13.9. The molecule has 8 nitrogen and oxygen atoms in total. The van der Waals surface area contributed by atoms with Gasteiger partial charge >= 0.3 is 5.97 Å². The first-order valence-electron chi connectivity index (χ1n) is 7.64. The quantitative estimate of drug-likeness (QED) is 0.662. The summed E-state index contributed by atoms with van der Waals surface area (Å²) in [6, 6.07) is 6.52. The number of rotatable bonds is 5. The predicted molar refractivity (Wildman–Crippen MR) is 97.4 cm³/mol. The molecule has 0 aromatic carbocycles. The van der Waals surface area contributed by atoms with Crippen LogP contribution in [0, 0.1) is 6.92 Å². The number of ether oxygens (including phenoxy) is 1. The molecule has 0 saturated heterocycles. The van der Waals surface area contributed by atoms with Crippen molar-refractivity contribution >= 4 is 40.8 Å². The molecule has 0 bridgehead atoms. The summed E-state index contributed by atoms with van der Waals surface area (Å²) in [6.07, 6.45) is 1.48. The molecule has 0 fully saturated rings. The number of aromatic nitrogens is 5. The fraction of sp³-hybridized carbons (Fsp3) is 0.188. The molecule has 0 radical (unpaired) electrons. The Hall–Kier alpha value is -2.71. The average Bonchev–Trinajstić information content (AvgIpc) is 2.96. The molecule has 0 unspecified atom stereocenters. The zero-order chi connectivity index (χ0) is 18.7. The van der Waals surface area contributed by atoms with Crippen LogP contribution in [-0.2, 0) is 4.74 Å². The van der Waals surface area contributed by atoms with Gasteiger partial charge in [0.1, 0.15) is 5.82 Å². The zero-order valence-corrected chi connectivity index (χ0v) is 15.4. The van der Waals surface area contributed by atoms with Crippen molar-refractivity contribution in [3.8, 4) is 5.82 Å². The number of esters is 1. The Morgan fingerprint density at radius 2 is 2.08 bits per heavy atom. The third-order valence-corrected chi connectivity index (χ3v) is 3.71. The average molecular weight is 393 g/mol. The van der Waals surface area contributed by atoms with Gasteiger partial charge in [-0.2, -0.15) is 9.78 Å². The third-order valence-electron chi connectivity index (χ3n) is 3.23. The van der Waals surface area contributed by atoms with E-state index in [1.807, 2.05) is 6.92 Å². The number of pyridine rings is 1. The molecule has 134 valence electrons. The second-order valence-corrected chi connectivity index (χ2v) is 6.03.